The van der Waals surface area contributed by atoms with Crippen molar-refractivity contribution in [3.05, 3.63) is 88.4 Å². The van der Waals surface area contributed by atoms with E-state index in [1.807, 2.05) is 0 Å². The Balaban J connectivity index is 2.07. The second-order valence-electron chi connectivity index (χ2n) is 6.63. The van der Waals surface area contributed by atoms with Gasteiger partial charge in [0.05, 0.1) is 16.6 Å². The number of alkyl halides is 3. The summed E-state index contributed by atoms with van der Waals surface area (Å²) in [6.07, 6.45) is -0.281. The first-order chi connectivity index (χ1) is 14.2. The quantitative estimate of drug-likeness (QED) is 0.410. The SMILES string of the molecule is NC(=O)/C=C/c1ccc2ncc3ccc(=O)n(-c4cccc(C(F)(F)F)c4)c3c2c1. The average molecular weight is 409 g/mol. The van der Waals surface area contributed by atoms with Gasteiger partial charge in [0.2, 0.25) is 5.91 Å². The molecule has 0 atom stereocenters. The Bertz CT molecular complexity index is 1390. The molecule has 1 amide bonds. The van der Waals surface area contributed by atoms with Crippen LogP contribution in [0.5, 0.6) is 0 Å². The number of fused-ring (bicyclic) bond motifs is 3. The van der Waals surface area contributed by atoms with E-state index in [1.54, 1.807) is 30.5 Å². The van der Waals surface area contributed by atoms with Crippen molar-refractivity contribution in [2.45, 2.75) is 6.18 Å². The molecule has 30 heavy (non-hydrogen) atoms. The summed E-state index contributed by atoms with van der Waals surface area (Å²) >= 11 is 0. The zero-order chi connectivity index (χ0) is 21.5. The molecule has 0 radical (unpaired) electrons. The highest BCUT2D eigenvalue weighted by Gasteiger charge is 2.30. The first-order valence-corrected chi connectivity index (χ1v) is 8.84. The van der Waals surface area contributed by atoms with Crippen molar-refractivity contribution >= 4 is 33.8 Å². The Morgan fingerprint density at radius 2 is 1.87 bits per heavy atom. The number of pyridine rings is 2. The van der Waals surface area contributed by atoms with Crippen LogP contribution in [0, 0.1) is 0 Å². The zero-order valence-corrected chi connectivity index (χ0v) is 15.4. The number of rotatable bonds is 3. The molecule has 4 rings (SSSR count). The van der Waals surface area contributed by atoms with E-state index in [0.29, 0.717) is 27.4 Å². The van der Waals surface area contributed by atoms with Crippen LogP contribution in [0.2, 0.25) is 0 Å². The lowest BCUT2D eigenvalue weighted by atomic mass is 10.1. The van der Waals surface area contributed by atoms with Gasteiger partial charge in [-0.3, -0.25) is 19.1 Å². The molecule has 0 unspecified atom stereocenters. The molecular formula is C22H14F3N3O2. The minimum atomic E-state index is -4.54. The third kappa shape index (κ3) is 3.55. The summed E-state index contributed by atoms with van der Waals surface area (Å²) in [7, 11) is 0. The van der Waals surface area contributed by atoms with Crippen molar-refractivity contribution < 1.29 is 18.0 Å². The van der Waals surface area contributed by atoms with E-state index >= 15 is 0 Å². The molecule has 0 fully saturated rings. The molecule has 0 aliphatic carbocycles. The summed E-state index contributed by atoms with van der Waals surface area (Å²) in [4.78, 5) is 28.1. The maximum absolute atomic E-state index is 13.2. The van der Waals surface area contributed by atoms with Gasteiger partial charge in [0, 0.05) is 34.8 Å². The summed E-state index contributed by atoms with van der Waals surface area (Å²) in [5, 5.41) is 1.13. The number of benzene rings is 2. The molecule has 0 bridgehead atoms. The highest BCUT2D eigenvalue weighted by Crippen LogP contribution is 2.31. The van der Waals surface area contributed by atoms with E-state index in [2.05, 4.69) is 4.98 Å². The molecule has 0 spiro atoms. The number of aromatic nitrogens is 2. The van der Waals surface area contributed by atoms with Crippen molar-refractivity contribution in [3.8, 4) is 5.69 Å². The van der Waals surface area contributed by atoms with Gasteiger partial charge in [0.15, 0.2) is 0 Å². The minimum Gasteiger partial charge on any atom is -0.366 e. The number of carbonyl (C=O) groups is 1. The lowest BCUT2D eigenvalue weighted by Gasteiger charge is -2.14. The monoisotopic (exact) mass is 409 g/mol. The van der Waals surface area contributed by atoms with E-state index in [4.69, 9.17) is 5.73 Å². The average Bonchev–Trinajstić information content (AvgIpc) is 2.71. The molecule has 2 N–H and O–H groups in total. The number of amides is 1. The third-order valence-corrected chi connectivity index (χ3v) is 4.61. The molecule has 2 heterocycles. The van der Waals surface area contributed by atoms with E-state index in [1.165, 1.54) is 34.9 Å². The molecule has 0 saturated carbocycles. The van der Waals surface area contributed by atoms with Gasteiger partial charge in [-0.2, -0.15) is 13.2 Å². The predicted molar refractivity (Wildman–Crippen MR) is 108 cm³/mol. The van der Waals surface area contributed by atoms with Crippen molar-refractivity contribution in [1.29, 1.82) is 0 Å². The largest absolute Gasteiger partial charge is 0.416 e. The Kier molecular flexibility index (Phi) is 4.62. The third-order valence-electron chi connectivity index (χ3n) is 4.61. The Hall–Kier alpha value is -3.94. The smallest absolute Gasteiger partial charge is 0.366 e. The normalized spacial score (nSPS) is 12.1. The number of primary amides is 1. The second-order valence-corrected chi connectivity index (χ2v) is 6.63. The number of nitrogens with zero attached hydrogens (tertiary/aromatic N) is 2. The number of nitrogens with two attached hydrogens (primary N) is 1. The van der Waals surface area contributed by atoms with E-state index in [9.17, 15) is 22.8 Å². The van der Waals surface area contributed by atoms with Crippen LogP contribution in [0.1, 0.15) is 11.1 Å². The van der Waals surface area contributed by atoms with Gasteiger partial charge in [-0.1, -0.05) is 12.1 Å². The van der Waals surface area contributed by atoms with Gasteiger partial charge in [-0.15, -0.1) is 0 Å². The molecule has 5 nitrogen and oxygen atoms in total. The zero-order valence-electron chi connectivity index (χ0n) is 15.4. The van der Waals surface area contributed by atoms with Crippen molar-refractivity contribution in [2.75, 3.05) is 0 Å². The first kappa shape index (κ1) is 19.4. The molecule has 0 saturated heterocycles. The summed E-state index contributed by atoms with van der Waals surface area (Å²) in [5.41, 5.74) is 5.48. The van der Waals surface area contributed by atoms with Gasteiger partial charge < -0.3 is 5.73 Å². The van der Waals surface area contributed by atoms with Crippen molar-refractivity contribution in [3.63, 3.8) is 0 Å². The van der Waals surface area contributed by atoms with Crippen LogP contribution in [0.15, 0.2) is 71.7 Å². The topological polar surface area (TPSA) is 78.0 Å². The van der Waals surface area contributed by atoms with Crippen LogP contribution in [0.4, 0.5) is 13.2 Å². The van der Waals surface area contributed by atoms with Gasteiger partial charge in [0.25, 0.3) is 5.56 Å². The van der Waals surface area contributed by atoms with E-state index in [0.717, 1.165) is 12.1 Å². The number of hydrogen-bond acceptors (Lipinski definition) is 3. The van der Waals surface area contributed by atoms with Crippen LogP contribution in [-0.2, 0) is 11.0 Å². The van der Waals surface area contributed by atoms with E-state index in [-0.39, 0.29) is 5.69 Å². The lowest BCUT2D eigenvalue weighted by molar-refractivity contribution is -0.137. The number of halogens is 3. The molecule has 0 aliphatic heterocycles. The maximum atomic E-state index is 13.2. The van der Waals surface area contributed by atoms with Crippen LogP contribution >= 0.6 is 0 Å². The van der Waals surface area contributed by atoms with Crippen molar-refractivity contribution in [1.82, 2.24) is 9.55 Å². The highest BCUT2D eigenvalue weighted by atomic mass is 19.4. The minimum absolute atomic E-state index is 0.0889. The predicted octanol–water partition coefficient (Wildman–Crippen LogP) is 4.06. The highest BCUT2D eigenvalue weighted by molar-refractivity contribution is 6.04. The fourth-order valence-electron chi connectivity index (χ4n) is 3.29. The standard InChI is InChI=1S/C22H14F3N3O2/c23-22(24,25)15-2-1-3-16(11-15)28-20(30)9-6-14-12-27-18-7-4-13(5-8-19(26)29)10-17(18)21(14)28/h1-12H,(H2,26,29)/b8-5+. The Morgan fingerprint density at radius 3 is 2.60 bits per heavy atom. The molecule has 2 aromatic carbocycles. The molecule has 2 aromatic heterocycles. The molecule has 0 aliphatic rings. The number of carbonyl (C=O) groups excluding carboxylic acids is 1. The summed E-state index contributed by atoms with van der Waals surface area (Å²) in [5.74, 6) is -0.619. The second kappa shape index (κ2) is 7.14. The van der Waals surface area contributed by atoms with E-state index < -0.39 is 23.2 Å². The Labute approximate surface area is 167 Å². The molecular weight excluding hydrogens is 395 g/mol. The summed E-state index contributed by atoms with van der Waals surface area (Å²) in [6, 6.07) is 12.6. The number of hydrogen-bond donors (Lipinski definition) is 1. The summed E-state index contributed by atoms with van der Waals surface area (Å²) < 4.78 is 40.9. The Morgan fingerprint density at radius 1 is 1.07 bits per heavy atom. The summed E-state index contributed by atoms with van der Waals surface area (Å²) in [6.45, 7) is 0. The fourth-order valence-corrected chi connectivity index (χ4v) is 3.29. The van der Waals surface area contributed by atoms with Gasteiger partial charge in [0.1, 0.15) is 0 Å². The van der Waals surface area contributed by atoms with Gasteiger partial charge in [-0.05, 0) is 48.0 Å². The lowest BCUT2D eigenvalue weighted by Crippen LogP contribution is -2.18. The van der Waals surface area contributed by atoms with Gasteiger partial charge in [-0.25, -0.2) is 0 Å². The fraction of sp³-hybridized carbons (Fsp3) is 0.0455. The van der Waals surface area contributed by atoms with Crippen LogP contribution in [0.25, 0.3) is 33.6 Å². The van der Waals surface area contributed by atoms with Crippen molar-refractivity contribution in [2.24, 2.45) is 5.73 Å². The molecule has 4 aromatic rings. The maximum Gasteiger partial charge on any atom is 0.416 e. The molecule has 8 heteroatoms. The van der Waals surface area contributed by atoms with Gasteiger partial charge >= 0.3 is 6.18 Å². The van der Waals surface area contributed by atoms with Crippen LogP contribution in [-0.4, -0.2) is 15.5 Å². The van der Waals surface area contributed by atoms with Crippen LogP contribution in [0.3, 0.4) is 0 Å². The molecule has 150 valence electrons. The first-order valence-electron chi connectivity index (χ1n) is 8.84. The van der Waals surface area contributed by atoms with Crippen LogP contribution < -0.4 is 11.3 Å².